The van der Waals surface area contributed by atoms with Gasteiger partial charge in [0.25, 0.3) is 5.91 Å². The van der Waals surface area contributed by atoms with Crippen molar-refractivity contribution in [2.75, 3.05) is 18.1 Å². The summed E-state index contributed by atoms with van der Waals surface area (Å²) in [7, 11) is -3.06. The zero-order valence-corrected chi connectivity index (χ0v) is 16.1. The minimum atomic E-state index is -3.06. The fraction of sp³-hybridized carbons (Fsp3) is 0.263. The van der Waals surface area contributed by atoms with Gasteiger partial charge < -0.3 is 10.1 Å². The van der Waals surface area contributed by atoms with Gasteiger partial charge >= 0.3 is 5.97 Å². The number of thiophene rings is 1. The van der Waals surface area contributed by atoms with Crippen LogP contribution in [0.5, 0.6) is 0 Å². The number of nitrogens with one attached hydrogen (secondary N) is 1. The topological polar surface area (TPSA) is 89.5 Å². The lowest BCUT2D eigenvalue weighted by molar-refractivity contribution is -0.143. The van der Waals surface area contributed by atoms with Crippen LogP contribution in [-0.2, 0) is 24.2 Å². The summed E-state index contributed by atoms with van der Waals surface area (Å²) in [5, 5.41) is 2.57. The molecule has 2 aromatic rings. The zero-order valence-electron chi connectivity index (χ0n) is 14.5. The van der Waals surface area contributed by atoms with Crippen molar-refractivity contribution in [2.45, 2.75) is 12.5 Å². The second kappa shape index (κ2) is 8.49. The summed E-state index contributed by atoms with van der Waals surface area (Å²) in [6, 6.07) is 13.4. The van der Waals surface area contributed by atoms with E-state index >= 15 is 0 Å². The van der Waals surface area contributed by atoms with Crippen molar-refractivity contribution < 1.29 is 22.7 Å². The number of amides is 1. The largest absolute Gasteiger partial charge is 0.452 e. The number of hydrogen-bond acceptors (Lipinski definition) is 6. The Morgan fingerprint density at radius 1 is 1.19 bits per heavy atom. The number of benzene rings is 1. The van der Waals surface area contributed by atoms with Crippen LogP contribution >= 0.6 is 11.3 Å². The maximum atomic E-state index is 11.8. The Hall–Kier alpha value is -2.45. The molecule has 2 heterocycles. The quantitative estimate of drug-likeness (QED) is 0.588. The summed E-state index contributed by atoms with van der Waals surface area (Å²) in [4.78, 5) is 25.5. The highest BCUT2D eigenvalue weighted by atomic mass is 32.2. The van der Waals surface area contributed by atoms with Gasteiger partial charge in [-0.3, -0.25) is 4.79 Å². The molecule has 3 rings (SSSR count). The lowest BCUT2D eigenvalue weighted by atomic mass is 10.2. The average molecular weight is 405 g/mol. The monoisotopic (exact) mass is 405 g/mol. The van der Waals surface area contributed by atoms with E-state index in [0.29, 0.717) is 6.42 Å². The standard InChI is InChI=1S/C19H19NO5S2/c21-18(20-15-10-11-27(23,24)13-15)12-25-19(22)9-7-16-6-8-17(26-16)14-4-2-1-3-5-14/h1-9,15H,10-13H2,(H,20,21)/b9-7+/t15-/m0/s1. The Morgan fingerprint density at radius 2 is 1.96 bits per heavy atom. The van der Waals surface area contributed by atoms with E-state index in [1.54, 1.807) is 17.4 Å². The minimum absolute atomic E-state index is 0.0608. The van der Waals surface area contributed by atoms with E-state index in [2.05, 4.69) is 5.32 Å². The Labute approximate surface area is 161 Å². The molecule has 1 aliphatic heterocycles. The van der Waals surface area contributed by atoms with Crippen LogP contribution in [0.4, 0.5) is 0 Å². The van der Waals surface area contributed by atoms with Crippen LogP contribution in [0.25, 0.3) is 16.5 Å². The average Bonchev–Trinajstić information content (AvgIpc) is 3.25. The SMILES string of the molecule is O=C(COC(=O)/C=C/c1ccc(-c2ccccc2)s1)N[C@H]1CCS(=O)(=O)C1. The van der Waals surface area contributed by atoms with Gasteiger partial charge in [0.05, 0.1) is 11.5 Å². The van der Waals surface area contributed by atoms with Gasteiger partial charge in [-0.25, -0.2) is 13.2 Å². The van der Waals surface area contributed by atoms with Crippen molar-refractivity contribution in [3.05, 3.63) is 53.4 Å². The van der Waals surface area contributed by atoms with Crippen molar-refractivity contribution in [3.8, 4) is 10.4 Å². The lowest BCUT2D eigenvalue weighted by Crippen LogP contribution is -2.38. The molecule has 0 bridgehead atoms. The van der Waals surface area contributed by atoms with Crippen molar-refractivity contribution in [2.24, 2.45) is 0 Å². The van der Waals surface area contributed by atoms with Crippen LogP contribution in [0.2, 0.25) is 0 Å². The summed E-state index contributed by atoms with van der Waals surface area (Å²) in [6.07, 6.45) is 3.30. The predicted octanol–water partition coefficient (Wildman–Crippen LogP) is 2.27. The van der Waals surface area contributed by atoms with Gasteiger partial charge in [-0.15, -0.1) is 11.3 Å². The molecule has 1 fully saturated rings. The van der Waals surface area contributed by atoms with Gasteiger partial charge in [-0.05, 0) is 30.2 Å². The van der Waals surface area contributed by atoms with Gasteiger partial charge in [-0.1, -0.05) is 30.3 Å². The predicted molar refractivity (Wildman–Crippen MR) is 105 cm³/mol. The lowest BCUT2D eigenvalue weighted by Gasteiger charge is -2.10. The van der Waals surface area contributed by atoms with E-state index in [-0.39, 0.29) is 11.5 Å². The molecule has 6 nitrogen and oxygen atoms in total. The Balaban J connectivity index is 1.45. The zero-order chi connectivity index (χ0) is 19.3. The third kappa shape index (κ3) is 5.77. The summed E-state index contributed by atoms with van der Waals surface area (Å²) in [6.45, 7) is -0.431. The fourth-order valence-corrected chi connectivity index (χ4v) is 5.30. The number of rotatable bonds is 6. The third-order valence-electron chi connectivity index (χ3n) is 4.01. The maximum absolute atomic E-state index is 11.8. The van der Waals surface area contributed by atoms with E-state index in [1.807, 2.05) is 42.5 Å². The number of hydrogen-bond donors (Lipinski definition) is 1. The minimum Gasteiger partial charge on any atom is -0.452 e. The highest BCUT2D eigenvalue weighted by Crippen LogP contribution is 2.28. The van der Waals surface area contributed by atoms with E-state index in [9.17, 15) is 18.0 Å². The molecule has 0 radical (unpaired) electrons. The molecule has 1 atom stereocenters. The number of carbonyl (C=O) groups is 2. The second-order valence-corrected chi connectivity index (χ2v) is 9.52. The molecule has 1 N–H and O–H groups in total. The molecule has 142 valence electrons. The molecule has 0 unspecified atom stereocenters. The van der Waals surface area contributed by atoms with E-state index in [4.69, 9.17) is 4.74 Å². The molecule has 0 spiro atoms. The van der Waals surface area contributed by atoms with Gasteiger partial charge in [-0.2, -0.15) is 0 Å². The summed E-state index contributed by atoms with van der Waals surface area (Å²) in [5.41, 5.74) is 1.11. The Morgan fingerprint density at radius 3 is 2.67 bits per heavy atom. The van der Waals surface area contributed by atoms with Gasteiger partial charge in [0, 0.05) is 21.9 Å². The van der Waals surface area contributed by atoms with Gasteiger partial charge in [0.1, 0.15) is 0 Å². The summed E-state index contributed by atoms with van der Waals surface area (Å²) < 4.78 is 27.6. The van der Waals surface area contributed by atoms with Crippen LogP contribution in [-0.4, -0.2) is 44.4 Å². The second-order valence-electron chi connectivity index (χ2n) is 6.18. The number of ether oxygens (including phenoxy) is 1. The smallest absolute Gasteiger partial charge is 0.331 e. The molecule has 1 aliphatic rings. The fourth-order valence-electron chi connectivity index (χ4n) is 2.71. The molecule has 0 aliphatic carbocycles. The molecule has 1 aromatic carbocycles. The maximum Gasteiger partial charge on any atom is 0.331 e. The Kier molecular flexibility index (Phi) is 6.08. The van der Waals surface area contributed by atoms with Crippen LogP contribution < -0.4 is 5.32 Å². The molecule has 1 amide bonds. The molecule has 8 heteroatoms. The number of esters is 1. The molecular formula is C19H19NO5S2. The molecule has 1 saturated heterocycles. The van der Waals surface area contributed by atoms with Crippen LogP contribution in [0.15, 0.2) is 48.5 Å². The normalized spacial score (nSPS) is 18.4. The molecule has 0 saturated carbocycles. The van der Waals surface area contributed by atoms with Crippen LogP contribution in [0.1, 0.15) is 11.3 Å². The molecule has 27 heavy (non-hydrogen) atoms. The van der Waals surface area contributed by atoms with E-state index in [1.165, 1.54) is 6.08 Å². The summed E-state index contributed by atoms with van der Waals surface area (Å²) in [5.74, 6) is -1.11. The Bertz CT molecular complexity index is 947. The van der Waals surface area contributed by atoms with E-state index in [0.717, 1.165) is 15.3 Å². The number of sulfone groups is 1. The number of carbonyl (C=O) groups excluding carboxylic acids is 2. The first-order chi connectivity index (χ1) is 12.9. The van der Waals surface area contributed by atoms with Crippen molar-refractivity contribution in [3.63, 3.8) is 0 Å². The molecule has 1 aromatic heterocycles. The first-order valence-electron chi connectivity index (χ1n) is 8.41. The third-order valence-corrected chi connectivity index (χ3v) is 6.88. The van der Waals surface area contributed by atoms with E-state index < -0.39 is 34.4 Å². The highest BCUT2D eigenvalue weighted by molar-refractivity contribution is 7.91. The first kappa shape index (κ1) is 19.3. The van der Waals surface area contributed by atoms with Gasteiger partial charge in [0.2, 0.25) is 0 Å². The van der Waals surface area contributed by atoms with Crippen molar-refractivity contribution in [1.29, 1.82) is 0 Å². The van der Waals surface area contributed by atoms with Gasteiger partial charge in [0.15, 0.2) is 16.4 Å². The van der Waals surface area contributed by atoms with Crippen LogP contribution in [0.3, 0.4) is 0 Å². The molecular weight excluding hydrogens is 386 g/mol. The highest BCUT2D eigenvalue weighted by Gasteiger charge is 2.28. The summed E-state index contributed by atoms with van der Waals surface area (Å²) >= 11 is 1.54. The van der Waals surface area contributed by atoms with Crippen LogP contribution in [0, 0.1) is 0 Å². The van der Waals surface area contributed by atoms with Crippen molar-refractivity contribution in [1.82, 2.24) is 5.32 Å². The first-order valence-corrected chi connectivity index (χ1v) is 11.0. The van der Waals surface area contributed by atoms with Crippen molar-refractivity contribution >= 4 is 39.1 Å².